The summed E-state index contributed by atoms with van der Waals surface area (Å²) in [7, 11) is -1.77. The molecule has 8 heteroatoms. The summed E-state index contributed by atoms with van der Waals surface area (Å²) in [5, 5.41) is 7.10. The van der Waals surface area contributed by atoms with Gasteiger partial charge in [-0.25, -0.2) is 8.42 Å². The molecule has 31 heavy (non-hydrogen) atoms. The topological polar surface area (TPSA) is 86.4 Å². The molecule has 1 amide bonds. The number of sulfonamides is 1. The number of rotatable bonds is 5. The number of piperidine rings is 1. The predicted molar refractivity (Wildman–Crippen MR) is 120 cm³/mol. The number of aromatic nitrogens is 2. The van der Waals surface area contributed by atoms with E-state index in [2.05, 4.69) is 10.2 Å². The molecular formula is C23H26N4O3S. The quantitative estimate of drug-likeness (QED) is 0.660. The van der Waals surface area contributed by atoms with Gasteiger partial charge >= 0.3 is 0 Å². The molecule has 0 aliphatic carbocycles. The number of para-hydroxylation sites is 1. The minimum Gasteiger partial charge on any atom is -0.311 e. The van der Waals surface area contributed by atoms with Gasteiger partial charge in [-0.15, -0.1) is 0 Å². The zero-order valence-electron chi connectivity index (χ0n) is 17.7. The van der Waals surface area contributed by atoms with E-state index in [0.717, 1.165) is 16.9 Å². The van der Waals surface area contributed by atoms with Gasteiger partial charge in [-0.2, -0.15) is 9.40 Å². The number of carbonyl (C=O) groups excluding carboxylic acids is 1. The zero-order chi connectivity index (χ0) is 22.0. The summed E-state index contributed by atoms with van der Waals surface area (Å²) >= 11 is 0. The fourth-order valence-corrected chi connectivity index (χ4v) is 5.44. The van der Waals surface area contributed by atoms with Gasteiger partial charge in [0.25, 0.3) is 5.91 Å². The Labute approximate surface area is 182 Å². The van der Waals surface area contributed by atoms with Crippen LogP contribution in [-0.2, 0) is 10.0 Å². The maximum Gasteiger partial charge on any atom is 0.261 e. The largest absolute Gasteiger partial charge is 0.311 e. The Morgan fingerprint density at radius 1 is 1.06 bits per heavy atom. The Balaban J connectivity index is 1.47. The van der Waals surface area contributed by atoms with Crippen molar-refractivity contribution in [2.75, 3.05) is 25.0 Å². The van der Waals surface area contributed by atoms with E-state index in [1.165, 1.54) is 4.31 Å². The van der Waals surface area contributed by atoms with Gasteiger partial charge in [0.1, 0.15) is 0 Å². The summed E-state index contributed by atoms with van der Waals surface area (Å²) in [6.07, 6.45) is 2.82. The third-order valence-electron chi connectivity index (χ3n) is 5.87. The summed E-state index contributed by atoms with van der Waals surface area (Å²) in [6.45, 7) is 2.74. The van der Waals surface area contributed by atoms with Crippen LogP contribution < -0.4 is 4.90 Å². The van der Waals surface area contributed by atoms with Crippen LogP contribution in [0.3, 0.4) is 0 Å². The highest BCUT2D eigenvalue weighted by molar-refractivity contribution is 7.89. The second kappa shape index (κ2) is 8.64. The highest BCUT2D eigenvalue weighted by Gasteiger charge is 2.32. The van der Waals surface area contributed by atoms with Crippen LogP contribution >= 0.6 is 0 Å². The fraction of sp³-hybridized carbons (Fsp3) is 0.304. The number of nitrogens with zero attached hydrogens (tertiary/aromatic N) is 3. The Bertz CT molecular complexity index is 1150. The molecule has 1 aromatic heterocycles. The van der Waals surface area contributed by atoms with Crippen molar-refractivity contribution in [2.24, 2.45) is 0 Å². The maximum atomic E-state index is 13.1. The number of hydrogen-bond acceptors (Lipinski definition) is 4. The van der Waals surface area contributed by atoms with E-state index in [1.807, 2.05) is 49.4 Å². The number of nitrogens with one attached hydrogen (secondary N) is 1. The first-order chi connectivity index (χ1) is 14.9. The van der Waals surface area contributed by atoms with E-state index in [-0.39, 0.29) is 11.8 Å². The number of anilines is 1. The van der Waals surface area contributed by atoms with Gasteiger partial charge in [0, 0.05) is 31.7 Å². The van der Waals surface area contributed by atoms with Crippen LogP contribution in [0.4, 0.5) is 5.69 Å². The van der Waals surface area contributed by atoms with E-state index >= 15 is 0 Å². The third-order valence-corrected chi connectivity index (χ3v) is 7.78. The first-order valence-corrected chi connectivity index (χ1v) is 11.7. The van der Waals surface area contributed by atoms with E-state index in [4.69, 9.17) is 0 Å². The lowest BCUT2D eigenvalue weighted by Crippen LogP contribution is -2.38. The first kappa shape index (κ1) is 21.3. The number of hydrogen-bond donors (Lipinski definition) is 1. The predicted octanol–water partition coefficient (Wildman–Crippen LogP) is 3.56. The average Bonchev–Trinajstić information content (AvgIpc) is 3.29. The third kappa shape index (κ3) is 4.26. The molecule has 162 valence electrons. The first-order valence-electron chi connectivity index (χ1n) is 10.3. The molecule has 4 rings (SSSR count). The van der Waals surface area contributed by atoms with E-state index in [0.29, 0.717) is 36.4 Å². The lowest BCUT2D eigenvalue weighted by atomic mass is 9.92. The molecule has 0 atom stereocenters. The van der Waals surface area contributed by atoms with Crippen LogP contribution in [0.1, 0.15) is 40.4 Å². The maximum absolute atomic E-state index is 13.1. The second-order valence-corrected chi connectivity index (χ2v) is 9.83. The zero-order valence-corrected chi connectivity index (χ0v) is 18.5. The van der Waals surface area contributed by atoms with Crippen LogP contribution in [0, 0.1) is 6.92 Å². The monoisotopic (exact) mass is 438 g/mol. The van der Waals surface area contributed by atoms with Crippen molar-refractivity contribution in [1.29, 1.82) is 0 Å². The smallest absolute Gasteiger partial charge is 0.261 e. The summed E-state index contributed by atoms with van der Waals surface area (Å²) in [6, 6.07) is 16.4. The molecule has 1 N–H and O–H groups in total. The van der Waals surface area contributed by atoms with Crippen molar-refractivity contribution in [1.82, 2.24) is 14.5 Å². The minimum absolute atomic E-state index is 0.0510. The molecule has 0 saturated carbocycles. The lowest BCUT2D eigenvalue weighted by Gasteiger charge is -2.31. The fourth-order valence-electron chi connectivity index (χ4n) is 3.97. The van der Waals surface area contributed by atoms with Gasteiger partial charge in [0.15, 0.2) is 0 Å². The van der Waals surface area contributed by atoms with Crippen molar-refractivity contribution >= 4 is 21.6 Å². The van der Waals surface area contributed by atoms with E-state index < -0.39 is 10.0 Å². The Morgan fingerprint density at radius 2 is 1.71 bits per heavy atom. The molecule has 0 unspecified atom stereocenters. The Morgan fingerprint density at radius 3 is 2.35 bits per heavy atom. The number of carbonyl (C=O) groups is 1. The van der Waals surface area contributed by atoms with Crippen molar-refractivity contribution in [3.63, 3.8) is 0 Å². The summed E-state index contributed by atoms with van der Waals surface area (Å²) < 4.78 is 27.4. The van der Waals surface area contributed by atoms with Crippen molar-refractivity contribution in [3.8, 4) is 0 Å². The van der Waals surface area contributed by atoms with Crippen LogP contribution in [-0.4, -0.2) is 49.0 Å². The van der Waals surface area contributed by atoms with Gasteiger partial charge in [-0.05, 0) is 44.0 Å². The number of amides is 1. The Hall–Kier alpha value is -2.97. The van der Waals surface area contributed by atoms with Crippen molar-refractivity contribution < 1.29 is 13.2 Å². The molecule has 2 aromatic carbocycles. The summed E-state index contributed by atoms with van der Waals surface area (Å²) in [5.41, 5.74) is 3.14. The molecule has 0 radical (unpaired) electrons. The molecule has 1 aliphatic heterocycles. The van der Waals surface area contributed by atoms with E-state index in [9.17, 15) is 13.2 Å². The van der Waals surface area contributed by atoms with Crippen molar-refractivity contribution in [2.45, 2.75) is 30.6 Å². The van der Waals surface area contributed by atoms with Crippen LogP contribution in [0.5, 0.6) is 0 Å². The Kier molecular flexibility index (Phi) is 5.93. The second-order valence-electron chi connectivity index (χ2n) is 7.89. The number of H-pyrrole nitrogens is 1. The number of aromatic amines is 1. The minimum atomic E-state index is -3.51. The van der Waals surface area contributed by atoms with Crippen molar-refractivity contribution in [3.05, 3.63) is 77.6 Å². The van der Waals surface area contributed by atoms with Gasteiger partial charge in [-0.3, -0.25) is 9.89 Å². The molecule has 1 fully saturated rings. The summed E-state index contributed by atoms with van der Waals surface area (Å²) in [4.78, 5) is 15.0. The SMILES string of the molecule is Cc1ccc(S(=O)(=O)N2CCC(c3[nH]ncc3C(=O)N(C)c3ccccc3)CC2)cc1. The van der Waals surface area contributed by atoms with Gasteiger partial charge < -0.3 is 4.90 Å². The molecular weight excluding hydrogens is 412 g/mol. The molecule has 1 aliphatic rings. The highest BCUT2D eigenvalue weighted by atomic mass is 32.2. The molecule has 0 bridgehead atoms. The van der Waals surface area contributed by atoms with E-state index in [1.54, 1.807) is 30.3 Å². The van der Waals surface area contributed by atoms with Gasteiger partial charge in [0.2, 0.25) is 10.0 Å². The van der Waals surface area contributed by atoms with Gasteiger partial charge in [0.05, 0.1) is 22.3 Å². The normalized spacial score (nSPS) is 15.7. The molecule has 1 saturated heterocycles. The highest BCUT2D eigenvalue weighted by Crippen LogP contribution is 2.32. The molecule has 0 spiro atoms. The molecule has 7 nitrogen and oxygen atoms in total. The van der Waals surface area contributed by atoms with Gasteiger partial charge in [-0.1, -0.05) is 35.9 Å². The van der Waals surface area contributed by atoms with Crippen LogP contribution in [0.25, 0.3) is 0 Å². The molecule has 3 aromatic rings. The molecule has 2 heterocycles. The van der Waals surface area contributed by atoms with Crippen LogP contribution in [0.2, 0.25) is 0 Å². The number of benzene rings is 2. The number of aryl methyl sites for hydroxylation is 1. The standard InChI is InChI=1S/C23H26N4O3S/c1-17-8-10-20(11-9-17)31(29,30)27-14-12-18(13-15-27)22-21(16-24-25-22)23(28)26(2)19-6-4-3-5-7-19/h3-11,16,18H,12-15H2,1-2H3,(H,24,25). The lowest BCUT2D eigenvalue weighted by molar-refractivity contribution is 0.0991. The average molecular weight is 439 g/mol. The summed E-state index contributed by atoms with van der Waals surface area (Å²) in [5.74, 6) is -0.0836. The van der Waals surface area contributed by atoms with Crippen LogP contribution in [0.15, 0.2) is 65.7 Å².